The molecule has 0 atom stereocenters. The summed E-state index contributed by atoms with van der Waals surface area (Å²) in [7, 11) is 2.08. The molecule has 1 aromatic carbocycles. The predicted octanol–water partition coefficient (Wildman–Crippen LogP) is 1.65. The van der Waals surface area contributed by atoms with Crippen molar-refractivity contribution in [2.75, 3.05) is 25.9 Å². The second-order valence-electron chi connectivity index (χ2n) is 4.60. The van der Waals surface area contributed by atoms with Crippen LogP contribution in [0.25, 0.3) is 0 Å². The molecule has 0 amide bonds. The number of hydrogen-bond acceptors (Lipinski definition) is 5. The summed E-state index contributed by atoms with van der Waals surface area (Å²) >= 11 is 0. The highest BCUT2D eigenvalue weighted by Crippen LogP contribution is 2.28. The van der Waals surface area contributed by atoms with Gasteiger partial charge in [-0.15, -0.1) is 0 Å². The molecule has 1 aromatic rings. The molecular weight excluding hydrogens is 234 g/mol. The minimum atomic E-state index is -0.463. The summed E-state index contributed by atoms with van der Waals surface area (Å²) in [6, 6.07) is 4.33. The molecule has 0 aliphatic carbocycles. The lowest BCUT2D eigenvalue weighted by molar-refractivity contribution is -0.384. The number of likely N-dealkylation sites (tertiary alicyclic amines) is 1. The van der Waals surface area contributed by atoms with Crippen molar-refractivity contribution < 1.29 is 9.66 Å². The molecule has 0 unspecified atom stereocenters. The summed E-state index contributed by atoms with van der Waals surface area (Å²) in [6.07, 6.45) is 2.05. The van der Waals surface area contributed by atoms with Crippen LogP contribution in [0.2, 0.25) is 0 Å². The quantitative estimate of drug-likeness (QED) is 0.502. The summed E-state index contributed by atoms with van der Waals surface area (Å²) in [5.74, 6) is 0.537. The van der Waals surface area contributed by atoms with E-state index in [2.05, 4.69) is 11.9 Å². The molecule has 0 aromatic heterocycles. The van der Waals surface area contributed by atoms with Crippen LogP contribution in [0.15, 0.2) is 18.2 Å². The van der Waals surface area contributed by atoms with Crippen molar-refractivity contribution in [3.63, 3.8) is 0 Å². The zero-order chi connectivity index (χ0) is 13.1. The number of piperidine rings is 1. The largest absolute Gasteiger partial charge is 0.488 e. The highest BCUT2D eigenvalue weighted by atomic mass is 16.6. The molecule has 0 radical (unpaired) electrons. The van der Waals surface area contributed by atoms with E-state index in [9.17, 15) is 10.1 Å². The van der Waals surface area contributed by atoms with Gasteiger partial charge in [-0.25, -0.2) is 0 Å². The number of ether oxygens (including phenoxy) is 1. The third-order valence-electron chi connectivity index (χ3n) is 3.16. The number of nitrogens with zero attached hydrogens (tertiary/aromatic N) is 2. The van der Waals surface area contributed by atoms with E-state index in [0.29, 0.717) is 11.4 Å². The molecule has 1 heterocycles. The highest BCUT2D eigenvalue weighted by Gasteiger charge is 2.19. The first-order valence-electron chi connectivity index (χ1n) is 5.95. The fourth-order valence-corrected chi connectivity index (χ4v) is 2.04. The summed E-state index contributed by atoms with van der Waals surface area (Å²) in [4.78, 5) is 12.4. The number of anilines is 1. The molecule has 98 valence electrons. The van der Waals surface area contributed by atoms with E-state index in [4.69, 9.17) is 10.5 Å². The number of hydrogen-bond donors (Lipinski definition) is 1. The summed E-state index contributed by atoms with van der Waals surface area (Å²) in [6.45, 7) is 2.00. The van der Waals surface area contributed by atoms with Gasteiger partial charge in [0.25, 0.3) is 5.69 Å². The number of nitrogens with two attached hydrogens (primary N) is 1. The van der Waals surface area contributed by atoms with Gasteiger partial charge in [0, 0.05) is 25.2 Å². The molecule has 6 heteroatoms. The molecule has 1 aliphatic heterocycles. The first-order valence-corrected chi connectivity index (χ1v) is 5.95. The Balaban J connectivity index is 2.03. The summed E-state index contributed by atoms with van der Waals surface area (Å²) in [5, 5.41) is 10.6. The Kier molecular flexibility index (Phi) is 3.66. The van der Waals surface area contributed by atoms with Gasteiger partial charge in [-0.3, -0.25) is 10.1 Å². The van der Waals surface area contributed by atoms with Gasteiger partial charge in [0.05, 0.1) is 10.6 Å². The van der Waals surface area contributed by atoms with Gasteiger partial charge in [-0.2, -0.15) is 0 Å². The average Bonchev–Trinajstić information content (AvgIpc) is 2.34. The zero-order valence-electron chi connectivity index (χ0n) is 10.3. The number of nitro benzene ring substituents is 1. The lowest BCUT2D eigenvalue weighted by atomic mass is 10.1. The lowest BCUT2D eigenvalue weighted by Crippen LogP contribution is -2.35. The van der Waals surface area contributed by atoms with Crippen molar-refractivity contribution in [2.24, 2.45) is 0 Å². The van der Waals surface area contributed by atoms with Crippen molar-refractivity contribution >= 4 is 11.4 Å². The summed E-state index contributed by atoms with van der Waals surface area (Å²) in [5.41, 5.74) is 6.08. The molecule has 0 spiro atoms. The Hall–Kier alpha value is -1.82. The van der Waals surface area contributed by atoms with Crippen LogP contribution in [0, 0.1) is 10.1 Å². The zero-order valence-corrected chi connectivity index (χ0v) is 10.3. The third kappa shape index (κ3) is 2.89. The van der Waals surface area contributed by atoms with Crippen LogP contribution < -0.4 is 10.5 Å². The standard InChI is InChI=1S/C12H17N3O3/c1-14-6-4-10(5-7-14)18-12-3-2-9(15(16)17)8-11(12)13/h2-3,8,10H,4-7,13H2,1H3. The van der Waals surface area contributed by atoms with Gasteiger partial charge in [0.1, 0.15) is 11.9 Å². The second-order valence-corrected chi connectivity index (χ2v) is 4.60. The van der Waals surface area contributed by atoms with Crippen LogP contribution in [-0.2, 0) is 0 Å². The maximum Gasteiger partial charge on any atom is 0.271 e. The fraction of sp³-hybridized carbons (Fsp3) is 0.500. The van der Waals surface area contributed by atoms with Gasteiger partial charge in [0.2, 0.25) is 0 Å². The van der Waals surface area contributed by atoms with E-state index in [1.165, 1.54) is 12.1 Å². The number of non-ortho nitro benzene ring substituents is 1. The minimum Gasteiger partial charge on any atom is -0.488 e. The molecule has 1 saturated heterocycles. The maximum absolute atomic E-state index is 10.6. The highest BCUT2D eigenvalue weighted by molar-refractivity contribution is 5.58. The Labute approximate surface area is 105 Å². The summed E-state index contributed by atoms with van der Waals surface area (Å²) < 4.78 is 5.79. The van der Waals surface area contributed by atoms with Crippen molar-refractivity contribution in [3.8, 4) is 5.75 Å². The van der Waals surface area contributed by atoms with Crippen LogP contribution >= 0.6 is 0 Å². The third-order valence-corrected chi connectivity index (χ3v) is 3.16. The molecule has 0 saturated carbocycles. The van der Waals surface area contributed by atoms with Crippen LogP contribution in [0.4, 0.5) is 11.4 Å². The fourth-order valence-electron chi connectivity index (χ4n) is 2.04. The predicted molar refractivity (Wildman–Crippen MR) is 68.7 cm³/mol. The van der Waals surface area contributed by atoms with E-state index in [0.717, 1.165) is 25.9 Å². The molecule has 6 nitrogen and oxygen atoms in total. The maximum atomic E-state index is 10.6. The smallest absolute Gasteiger partial charge is 0.271 e. The Morgan fingerprint density at radius 2 is 2.11 bits per heavy atom. The van der Waals surface area contributed by atoms with Crippen molar-refractivity contribution in [3.05, 3.63) is 28.3 Å². The molecule has 18 heavy (non-hydrogen) atoms. The molecule has 0 bridgehead atoms. The number of nitro groups is 1. The molecule has 1 aliphatic rings. The minimum absolute atomic E-state index is 0.0109. The van der Waals surface area contributed by atoms with Crippen molar-refractivity contribution in [2.45, 2.75) is 18.9 Å². The van der Waals surface area contributed by atoms with Gasteiger partial charge >= 0.3 is 0 Å². The topological polar surface area (TPSA) is 81.6 Å². The first-order chi connectivity index (χ1) is 8.56. The van der Waals surface area contributed by atoms with E-state index < -0.39 is 4.92 Å². The van der Waals surface area contributed by atoms with Gasteiger partial charge in [0.15, 0.2) is 0 Å². The number of nitrogen functional groups attached to an aromatic ring is 1. The van der Waals surface area contributed by atoms with Gasteiger partial charge < -0.3 is 15.4 Å². The Morgan fingerprint density at radius 3 is 2.67 bits per heavy atom. The van der Waals surface area contributed by atoms with E-state index in [1.807, 2.05) is 0 Å². The van der Waals surface area contributed by atoms with Gasteiger partial charge in [-0.1, -0.05) is 0 Å². The van der Waals surface area contributed by atoms with Crippen molar-refractivity contribution in [1.29, 1.82) is 0 Å². The lowest BCUT2D eigenvalue weighted by Gasteiger charge is -2.29. The average molecular weight is 251 g/mol. The van der Waals surface area contributed by atoms with Gasteiger partial charge in [-0.05, 0) is 26.0 Å². The molecule has 2 N–H and O–H groups in total. The normalized spacial score (nSPS) is 17.6. The first kappa shape index (κ1) is 12.6. The number of benzene rings is 1. The molecular formula is C12H17N3O3. The Morgan fingerprint density at radius 1 is 1.44 bits per heavy atom. The second kappa shape index (κ2) is 5.22. The van der Waals surface area contributed by atoms with E-state index in [1.54, 1.807) is 6.07 Å². The van der Waals surface area contributed by atoms with Crippen LogP contribution in [-0.4, -0.2) is 36.1 Å². The van der Waals surface area contributed by atoms with E-state index >= 15 is 0 Å². The Bertz CT molecular complexity index is 442. The van der Waals surface area contributed by atoms with Crippen molar-refractivity contribution in [1.82, 2.24) is 4.90 Å². The van der Waals surface area contributed by atoms with Crippen LogP contribution in [0.5, 0.6) is 5.75 Å². The molecule has 2 rings (SSSR count). The SMILES string of the molecule is CN1CCC(Oc2ccc([N+](=O)[O-])cc2N)CC1. The van der Waals surface area contributed by atoms with Crippen LogP contribution in [0.3, 0.4) is 0 Å². The van der Waals surface area contributed by atoms with Crippen LogP contribution in [0.1, 0.15) is 12.8 Å². The molecule has 1 fully saturated rings. The monoisotopic (exact) mass is 251 g/mol. The van der Waals surface area contributed by atoms with E-state index in [-0.39, 0.29) is 11.8 Å². The number of rotatable bonds is 3.